The minimum atomic E-state index is -2.33. The zero-order valence-electron chi connectivity index (χ0n) is 9.00. The van der Waals surface area contributed by atoms with Crippen molar-refractivity contribution in [3.8, 4) is 0 Å². The highest BCUT2D eigenvalue weighted by atomic mass is 32.2. The van der Waals surface area contributed by atoms with Crippen LogP contribution in [0.2, 0.25) is 0 Å². The van der Waals surface area contributed by atoms with Crippen LogP contribution in [0.3, 0.4) is 0 Å². The molecule has 0 aromatic carbocycles. The van der Waals surface area contributed by atoms with Gasteiger partial charge in [-0.1, -0.05) is 0 Å². The smallest absolute Gasteiger partial charge is 0.273 e. The van der Waals surface area contributed by atoms with Crippen molar-refractivity contribution < 1.29 is 9.00 Å². The maximum atomic E-state index is 11.7. The van der Waals surface area contributed by atoms with E-state index < -0.39 is 15.3 Å². The molecule has 1 aliphatic rings. The molecule has 82 valence electrons. The van der Waals surface area contributed by atoms with Gasteiger partial charge in [-0.2, -0.15) is 4.36 Å². The van der Waals surface area contributed by atoms with Crippen molar-refractivity contribution in [2.75, 3.05) is 19.1 Å². The lowest BCUT2D eigenvalue weighted by Gasteiger charge is -2.31. The Morgan fingerprint density at radius 2 is 2.07 bits per heavy atom. The van der Waals surface area contributed by atoms with Crippen molar-refractivity contribution >= 4 is 15.6 Å². The summed E-state index contributed by atoms with van der Waals surface area (Å²) < 4.78 is 15.1. The molecule has 1 aliphatic heterocycles. The molecule has 0 saturated carbocycles. The number of amides is 1. The van der Waals surface area contributed by atoms with E-state index in [1.165, 1.54) is 12.5 Å². The Morgan fingerprint density at radius 3 is 2.50 bits per heavy atom. The minimum Gasteiger partial charge on any atom is -0.303 e. The zero-order valence-corrected chi connectivity index (χ0v) is 9.82. The monoisotopic (exact) mass is 218 g/mol. The molecule has 0 spiro atoms. The summed E-state index contributed by atoms with van der Waals surface area (Å²) in [6.45, 7) is 2.68. The summed E-state index contributed by atoms with van der Waals surface area (Å²) in [5, 5.41) is 3.15. The fraction of sp³-hybridized carbons (Fsp3) is 0.889. The summed E-state index contributed by atoms with van der Waals surface area (Å²) in [6, 6.07) is 0. The maximum Gasteiger partial charge on any atom is 0.273 e. The third kappa shape index (κ3) is 3.06. The van der Waals surface area contributed by atoms with Gasteiger partial charge in [-0.15, -0.1) is 0 Å². The molecule has 1 saturated heterocycles. The molecule has 1 fully saturated rings. The highest BCUT2D eigenvalue weighted by Gasteiger charge is 2.34. The van der Waals surface area contributed by atoms with Gasteiger partial charge in [-0.25, -0.2) is 4.21 Å². The number of nitrogens with one attached hydrogen (secondary N) is 1. The summed E-state index contributed by atoms with van der Waals surface area (Å²) in [5.74, 6) is -0.271. The Morgan fingerprint density at radius 1 is 1.43 bits per heavy atom. The van der Waals surface area contributed by atoms with Crippen molar-refractivity contribution in [2.45, 2.75) is 31.7 Å². The average molecular weight is 218 g/mol. The maximum absolute atomic E-state index is 11.7. The molecule has 0 aromatic heterocycles. The van der Waals surface area contributed by atoms with Crippen LogP contribution in [0.25, 0.3) is 0 Å². The first-order valence-electron chi connectivity index (χ1n) is 4.80. The third-order valence-corrected chi connectivity index (χ3v) is 3.00. The summed E-state index contributed by atoms with van der Waals surface area (Å²) in [4.78, 5) is 11.7. The first-order valence-corrected chi connectivity index (χ1v) is 7.13. The number of nitrogens with zero attached hydrogens (tertiary/aromatic N) is 1. The molecule has 0 bridgehead atoms. The molecule has 0 aromatic rings. The van der Waals surface area contributed by atoms with Crippen molar-refractivity contribution in [3.05, 3.63) is 0 Å². The van der Waals surface area contributed by atoms with Crippen LogP contribution in [0.4, 0.5) is 0 Å². The Labute approximate surface area is 85.6 Å². The number of hydrogen-bond donors (Lipinski definition) is 1. The van der Waals surface area contributed by atoms with Crippen LogP contribution >= 0.6 is 0 Å². The van der Waals surface area contributed by atoms with Crippen molar-refractivity contribution in [3.63, 3.8) is 0 Å². The van der Waals surface area contributed by atoms with Gasteiger partial charge in [-0.3, -0.25) is 4.79 Å². The molecule has 1 N–H and O–H groups in total. The lowest BCUT2D eigenvalue weighted by Crippen LogP contribution is -2.51. The Hall–Kier alpha value is -0.420. The normalized spacial score (nSPS) is 28.5. The zero-order chi connectivity index (χ0) is 10.8. The Balaban J connectivity index is 2.83. The highest BCUT2D eigenvalue weighted by Crippen LogP contribution is 2.20. The second-order valence-corrected chi connectivity index (χ2v) is 6.84. The second-order valence-electron chi connectivity index (χ2n) is 4.29. The third-order valence-electron chi connectivity index (χ3n) is 2.39. The SMILES string of the molecule is CC1(C(=O)N=S(C)(C)=O)CCCCN1. The van der Waals surface area contributed by atoms with E-state index in [0.29, 0.717) is 0 Å². The van der Waals surface area contributed by atoms with E-state index >= 15 is 0 Å². The molecular formula is C9H18N2O2S. The molecule has 4 nitrogen and oxygen atoms in total. The standard InChI is InChI=1S/C9H18N2O2S/c1-9(6-4-5-7-10-9)8(12)11-14(2,3)13/h10H,4-7H2,1-3H3. The van der Waals surface area contributed by atoms with Gasteiger partial charge in [0.2, 0.25) is 0 Å². The van der Waals surface area contributed by atoms with Gasteiger partial charge in [0.25, 0.3) is 5.91 Å². The van der Waals surface area contributed by atoms with Crippen molar-refractivity contribution in [1.29, 1.82) is 0 Å². The molecule has 1 rings (SSSR count). The van der Waals surface area contributed by atoms with Gasteiger partial charge in [0.1, 0.15) is 0 Å². The quantitative estimate of drug-likeness (QED) is 0.707. The van der Waals surface area contributed by atoms with Crippen LogP contribution < -0.4 is 5.32 Å². The number of rotatable bonds is 1. The van der Waals surface area contributed by atoms with Crippen LogP contribution in [-0.4, -0.2) is 34.7 Å². The molecule has 0 aliphatic carbocycles. The predicted molar refractivity (Wildman–Crippen MR) is 57.7 cm³/mol. The lowest BCUT2D eigenvalue weighted by atomic mass is 9.90. The predicted octanol–water partition coefficient (Wildman–Crippen LogP) is 0.773. The van der Waals surface area contributed by atoms with Crippen LogP contribution in [0.15, 0.2) is 4.36 Å². The topological polar surface area (TPSA) is 58.5 Å². The van der Waals surface area contributed by atoms with E-state index in [9.17, 15) is 9.00 Å². The van der Waals surface area contributed by atoms with Gasteiger partial charge in [0, 0.05) is 22.2 Å². The van der Waals surface area contributed by atoms with Gasteiger partial charge >= 0.3 is 0 Å². The van der Waals surface area contributed by atoms with Crippen LogP contribution in [0.1, 0.15) is 26.2 Å². The van der Waals surface area contributed by atoms with Crippen LogP contribution in [-0.2, 0) is 14.5 Å². The molecule has 1 atom stereocenters. The van der Waals surface area contributed by atoms with E-state index in [1.54, 1.807) is 0 Å². The molecule has 1 heterocycles. The number of carbonyl (C=O) groups excluding carboxylic acids is 1. The lowest BCUT2D eigenvalue weighted by molar-refractivity contribution is -0.124. The number of hydrogen-bond acceptors (Lipinski definition) is 3. The van der Waals surface area contributed by atoms with Crippen molar-refractivity contribution in [1.82, 2.24) is 5.32 Å². The fourth-order valence-electron chi connectivity index (χ4n) is 1.54. The highest BCUT2D eigenvalue weighted by molar-refractivity contribution is 7.92. The van der Waals surface area contributed by atoms with Crippen LogP contribution in [0.5, 0.6) is 0 Å². The summed E-state index contributed by atoms with van der Waals surface area (Å²) in [5.41, 5.74) is -0.590. The second kappa shape index (κ2) is 3.98. The Kier molecular flexibility index (Phi) is 3.32. The summed E-state index contributed by atoms with van der Waals surface area (Å²) in [7, 11) is -2.33. The van der Waals surface area contributed by atoms with Gasteiger partial charge < -0.3 is 5.32 Å². The summed E-state index contributed by atoms with van der Waals surface area (Å²) >= 11 is 0. The van der Waals surface area contributed by atoms with E-state index in [1.807, 2.05) is 6.92 Å². The molecule has 1 unspecified atom stereocenters. The molecular weight excluding hydrogens is 200 g/mol. The van der Waals surface area contributed by atoms with E-state index in [2.05, 4.69) is 9.68 Å². The number of carbonyl (C=O) groups is 1. The Bertz CT molecular complexity index is 329. The largest absolute Gasteiger partial charge is 0.303 e. The minimum absolute atomic E-state index is 0.271. The van der Waals surface area contributed by atoms with Crippen molar-refractivity contribution in [2.24, 2.45) is 4.36 Å². The first kappa shape index (κ1) is 11.7. The van der Waals surface area contributed by atoms with E-state index in [4.69, 9.17) is 0 Å². The van der Waals surface area contributed by atoms with Crippen LogP contribution in [0, 0.1) is 0 Å². The average Bonchev–Trinajstić information content (AvgIpc) is 2.02. The van der Waals surface area contributed by atoms with Gasteiger partial charge in [-0.05, 0) is 32.7 Å². The summed E-state index contributed by atoms with van der Waals surface area (Å²) in [6.07, 6.45) is 5.87. The van der Waals surface area contributed by atoms with E-state index in [-0.39, 0.29) is 5.91 Å². The van der Waals surface area contributed by atoms with Gasteiger partial charge in [0.15, 0.2) is 0 Å². The number of piperidine rings is 1. The first-order chi connectivity index (χ1) is 6.33. The molecule has 14 heavy (non-hydrogen) atoms. The van der Waals surface area contributed by atoms with Gasteiger partial charge in [0.05, 0.1) is 5.54 Å². The molecule has 1 amide bonds. The molecule has 5 heteroatoms. The fourth-order valence-corrected chi connectivity index (χ4v) is 2.14. The molecule has 0 radical (unpaired) electrons. The van der Waals surface area contributed by atoms with E-state index in [0.717, 1.165) is 25.8 Å².